The Labute approximate surface area is 88.2 Å². The van der Waals surface area contributed by atoms with Crippen molar-refractivity contribution in [3.63, 3.8) is 0 Å². The normalized spacial score (nSPS) is 21.3. The van der Waals surface area contributed by atoms with Crippen molar-refractivity contribution >= 4 is 5.97 Å². The van der Waals surface area contributed by atoms with Gasteiger partial charge in [0.15, 0.2) is 0 Å². The van der Waals surface area contributed by atoms with Crippen LogP contribution in [0, 0.1) is 0 Å². The highest BCUT2D eigenvalue weighted by molar-refractivity contribution is 5.86. The summed E-state index contributed by atoms with van der Waals surface area (Å²) >= 11 is 0. The summed E-state index contributed by atoms with van der Waals surface area (Å²) in [6.07, 6.45) is 3.80. The Bertz CT molecular complexity index is 342. The van der Waals surface area contributed by atoms with Crippen LogP contribution >= 0.6 is 0 Å². The molecule has 5 nitrogen and oxygen atoms in total. The van der Waals surface area contributed by atoms with E-state index in [4.69, 9.17) is 0 Å². The summed E-state index contributed by atoms with van der Waals surface area (Å²) in [4.78, 5) is 18.4. The molecule has 1 aromatic heterocycles. The number of nitrogens with one attached hydrogen (secondary N) is 2. The molecule has 1 atom stereocenters. The van der Waals surface area contributed by atoms with E-state index in [1.807, 2.05) is 0 Å². The molecule has 15 heavy (non-hydrogen) atoms. The summed E-state index contributed by atoms with van der Waals surface area (Å²) in [5, 5.41) is 3.31. The molecular formula is C10H15N3O2. The molecule has 0 aliphatic carbocycles. The van der Waals surface area contributed by atoms with E-state index in [0.29, 0.717) is 11.6 Å². The van der Waals surface area contributed by atoms with Crippen LogP contribution in [0.25, 0.3) is 0 Å². The number of imidazole rings is 1. The number of carbonyl (C=O) groups excluding carboxylic acids is 1. The highest BCUT2D eigenvalue weighted by atomic mass is 16.5. The molecule has 1 unspecified atom stereocenters. The number of methoxy groups -OCH3 is 1. The number of carbonyl (C=O) groups is 1. The molecule has 1 aliphatic rings. The van der Waals surface area contributed by atoms with Crippen molar-refractivity contribution in [1.82, 2.24) is 15.3 Å². The lowest BCUT2D eigenvalue weighted by Gasteiger charge is -2.20. The smallest absolute Gasteiger partial charge is 0.356 e. The molecule has 1 saturated heterocycles. The van der Waals surface area contributed by atoms with Crippen molar-refractivity contribution in [2.75, 3.05) is 20.2 Å². The van der Waals surface area contributed by atoms with Crippen LogP contribution in [0.1, 0.15) is 35.1 Å². The maximum Gasteiger partial charge on any atom is 0.356 e. The average molecular weight is 209 g/mol. The number of hydrogen-bond donors (Lipinski definition) is 2. The molecule has 5 heteroatoms. The van der Waals surface area contributed by atoms with Crippen LogP contribution in [-0.2, 0) is 4.74 Å². The van der Waals surface area contributed by atoms with Gasteiger partial charge in [-0.05, 0) is 19.4 Å². The largest absolute Gasteiger partial charge is 0.464 e. The van der Waals surface area contributed by atoms with Gasteiger partial charge >= 0.3 is 5.97 Å². The maximum absolute atomic E-state index is 11.2. The number of nitrogens with zero attached hydrogens (tertiary/aromatic N) is 1. The summed E-state index contributed by atoms with van der Waals surface area (Å²) in [6.45, 7) is 2.00. The Morgan fingerprint density at radius 3 is 3.20 bits per heavy atom. The molecular weight excluding hydrogens is 194 g/mol. The monoisotopic (exact) mass is 209 g/mol. The van der Waals surface area contributed by atoms with Crippen LogP contribution in [0.15, 0.2) is 6.20 Å². The topological polar surface area (TPSA) is 67.0 Å². The van der Waals surface area contributed by atoms with Crippen LogP contribution in [0.2, 0.25) is 0 Å². The zero-order valence-electron chi connectivity index (χ0n) is 8.75. The quantitative estimate of drug-likeness (QED) is 0.702. The highest BCUT2D eigenvalue weighted by Crippen LogP contribution is 2.20. The first-order valence-electron chi connectivity index (χ1n) is 5.15. The van der Waals surface area contributed by atoms with Gasteiger partial charge in [-0.25, -0.2) is 9.78 Å². The molecule has 1 aliphatic heterocycles. The summed E-state index contributed by atoms with van der Waals surface area (Å²) in [7, 11) is 1.37. The fourth-order valence-electron chi connectivity index (χ4n) is 1.84. The number of aromatic nitrogens is 2. The van der Waals surface area contributed by atoms with Crippen LogP contribution in [0.5, 0.6) is 0 Å². The fourth-order valence-corrected chi connectivity index (χ4v) is 1.84. The van der Waals surface area contributed by atoms with Gasteiger partial charge in [0.2, 0.25) is 0 Å². The molecule has 2 rings (SSSR count). The number of esters is 1. The molecule has 0 spiro atoms. The van der Waals surface area contributed by atoms with E-state index in [1.54, 1.807) is 0 Å². The molecule has 0 radical (unpaired) electrons. The van der Waals surface area contributed by atoms with Gasteiger partial charge in [-0.15, -0.1) is 0 Å². The summed E-state index contributed by atoms with van der Waals surface area (Å²) in [5.74, 6) is 0.900. The predicted octanol–water partition coefficient (Wildman–Crippen LogP) is 0.663. The van der Waals surface area contributed by atoms with Gasteiger partial charge in [-0.3, -0.25) is 0 Å². The molecule has 0 saturated carbocycles. The predicted molar refractivity (Wildman–Crippen MR) is 54.8 cm³/mol. The third-order valence-corrected chi connectivity index (χ3v) is 2.68. The summed E-state index contributed by atoms with van der Waals surface area (Å²) in [5.41, 5.74) is 0.429. The first-order chi connectivity index (χ1) is 7.31. The maximum atomic E-state index is 11.2. The summed E-state index contributed by atoms with van der Waals surface area (Å²) < 4.78 is 4.61. The minimum absolute atomic E-state index is 0.363. The Balaban J connectivity index is 2.08. The molecule has 0 amide bonds. The van der Waals surface area contributed by atoms with Gasteiger partial charge in [0, 0.05) is 12.5 Å². The van der Waals surface area contributed by atoms with Gasteiger partial charge in [0.1, 0.15) is 11.5 Å². The van der Waals surface area contributed by atoms with Gasteiger partial charge in [-0.1, -0.05) is 0 Å². The van der Waals surface area contributed by atoms with E-state index >= 15 is 0 Å². The number of hydrogen-bond acceptors (Lipinski definition) is 4. The number of ether oxygens (including phenoxy) is 1. The Kier molecular flexibility index (Phi) is 3.01. The van der Waals surface area contributed by atoms with E-state index in [0.717, 1.165) is 31.8 Å². The molecule has 1 fully saturated rings. The number of H-pyrrole nitrogens is 1. The van der Waals surface area contributed by atoms with E-state index in [9.17, 15) is 4.79 Å². The van der Waals surface area contributed by atoms with Crippen molar-refractivity contribution in [1.29, 1.82) is 0 Å². The lowest BCUT2D eigenvalue weighted by Crippen LogP contribution is -2.28. The van der Waals surface area contributed by atoms with E-state index in [-0.39, 0.29) is 5.97 Å². The van der Waals surface area contributed by atoms with Crippen molar-refractivity contribution in [3.05, 3.63) is 17.7 Å². The first-order valence-corrected chi connectivity index (χ1v) is 5.15. The number of rotatable bonds is 2. The Hall–Kier alpha value is -1.36. The summed E-state index contributed by atoms with van der Waals surface area (Å²) in [6, 6.07) is 0. The fraction of sp³-hybridized carbons (Fsp3) is 0.600. The molecule has 2 N–H and O–H groups in total. The third kappa shape index (κ3) is 2.18. The lowest BCUT2D eigenvalue weighted by atomic mass is 9.99. The first kappa shape index (κ1) is 10.2. The second-order valence-electron chi connectivity index (χ2n) is 3.72. The minimum atomic E-state index is -0.363. The van der Waals surface area contributed by atoms with Gasteiger partial charge in [0.25, 0.3) is 0 Å². The van der Waals surface area contributed by atoms with E-state index in [2.05, 4.69) is 20.0 Å². The van der Waals surface area contributed by atoms with Crippen LogP contribution in [-0.4, -0.2) is 36.1 Å². The number of aromatic amines is 1. The highest BCUT2D eigenvalue weighted by Gasteiger charge is 2.19. The van der Waals surface area contributed by atoms with Crippen molar-refractivity contribution < 1.29 is 9.53 Å². The molecule has 1 aromatic rings. The van der Waals surface area contributed by atoms with E-state index in [1.165, 1.54) is 13.3 Å². The van der Waals surface area contributed by atoms with Gasteiger partial charge in [0.05, 0.1) is 13.3 Å². The lowest BCUT2D eigenvalue weighted by molar-refractivity contribution is 0.0594. The van der Waals surface area contributed by atoms with Crippen LogP contribution in [0.3, 0.4) is 0 Å². The zero-order chi connectivity index (χ0) is 10.7. The molecule has 0 bridgehead atoms. The SMILES string of the molecule is COC(=O)c1cnc(C2CCCNC2)[nH]1. The zero-order valence-corrected chi connectivity index (χ0v) is 8.75. The molecule has 82 valence electrons. The van der Waals surface area contributed by atoms with Crippen molar-refractivity contribution in [2.45, 2.75) is 18.8 Å². The minimum Gasteiger partial charge on any atom is -0.464 e. The third-order valence-electron chi connectivity index (χ3n) is 2.68. The second kappa shape index (κ2) is 4.44. The average Bonchev–Trinajstić information content (AvgIpc) is 2.78. The standard InChI is InChI=1S/C10H15N3O2/c1-15-10(14)8-6-12-9(13-8)7-3-2-4-11-5-7/h6-7,11H,2-5H2,1H3,(H,12,13). The van der Waals surface area contributed by atoms with Crippen molar-refractivity contribution in [2.24, 2.45) is 0 Å². The Morgan fingerprint density at radius 1 is 1.67 bits per heavy atom. The Morgan fingerprint density at radius 2 is 2.53 bits per heavy atom. The molecule has 0 aromatic carbocycles. The van der Waals surface area contributed by atoms with Crippen LogP contribution < -0.4 is 5.32 Å². The molecule has 2 heterocycles. The van der Waals surface area contributed by atoms with Gasteiger partial charge < -0.3 is 15.0 Å². The number of piperidine rings is 1. The van der Waals surface area contributed by atoms with Crippen LogP contribution in [0.4, 0.5) is 0 Å². The van der Waals surface area contributed by atoms with Crippen molar-refractivity contribution in [3.8, 4) is 0 Å². The van der Waals surface area contributed by atoms with Gasteiger partial charge in [-0.2, -0.15) is 0 Å². The second-order valence-corrected chi connectivity index (χ2v) is 3.72. The van der Waals surface area contributed by atoms with E-state index < -0.39 is 0 Å².